The lowest BCUT2D eigenvalue weighted by Crippen LogP contribution is -2.65. The van der Waals surface area contributed by atoms with Crippen LogP contribution in [0.25, 0.3) is 0 Å². The summed E-state index contributed by atoms with van der Waals surface area (Å²) in [4.78, 5) is 4.38. The number of rotatable bonds is 2. The van der Waals surface area contributed by atoms with Crippen LogP contribution in [-0.4, -0.2) is 21.9 Å². The van der Waals surface area contributed by atoms with Gasteiger partial charge in [0.2, 0.25) is 0 Å². The molecule has 6 rings (SSSR count). The van der Waals surface area contributed by atoms with Gasteiger partial charge in [0.1, 0.15) is 11.3 Å². The van der Waals surface area contributed by atoms with E-state index in [0.717, 1.165) is 24.9 Å². The molecule has 1 heterocycles. The Hall–Kier alpha value is -1.19. The van der Waals surface area contributed by atoms with Crippen LogP contribution < -0.4 is 5.32 Å². The summed E-state index contributed by atoms with van der Waals surface area (Å²) in [6, 6.07) is 0. The fraction of sp³-hybridized carbons (Fsp3) is 0.737. The van der Waals surface area contributed by atoms with E-state index in [-0.39, 0.29) is 12.3 Å². The highest BCUT2D eigenvalue weighted by Gasteiger charge is 2.64. The minimum Gasteiger partial charge on any atom is -0.378 e. The number of aryl methyl sites for hydroxylation is 1. The molecule has 0 aromatic carbocycles. The maximum atomic E-state index is 15.1. The van der Waals surface area contributed by atoms with Crippen LogP contribution in [0.5, 0.6) is 0 Å². The van der Waals surface area contributed by atoms with E-state index in [4.69, 9.17) is 0 Å². The van der Waals surface area contributed by atoms with Gasteiger partial charge in [-0.15, -0.1) is 0 Å². The molecule has 23 heavy (non-hydrogen) atoms. The van der Waals surface area contributed by atoms with Crippen LogP contribution in [0, 0.1) is 5.92 Å². The Balaban J connectivity index is 1.51. The maximum Gasteiger partial charge on any atom is 0.116 e. The van der Waals surface area contributed by atoms with Gasteiger partial charge in [0.05, 0.1) is 11.9 Å². The molecule has 0 saturated heterocycles. The average molecular weight is 318 g/mol. The van der Waals surface area contributed by atoms with Crippen LogP contribution in [0.4, 0.5) is 14.5 Å². The molecule has 124 valence electrons. The summed E-state index contributed by atoms with van der Waals surface area (Å²) in [7, 11) is 0. The van der Waals surface area contributed by atoms with E-state index in [1.54, 1.807) is 0 Å². The van der Waals surface area contributed by atoms with Gasteiger partial charge in [0.15, 0.2) is 0 Å². The van der Waals surface area contributed by atoms with Crippen molar-refractivity contribution in [2.24, 2.45) is 5.92 Å². The summed E-state index contributed by atoms with van der Waals surface area (Å²) in [5.74, 6) is 0.196. The molecule has 1 aromatic heterocycles. The molecule has 5 aliphatic rings. The zero-order chi connectivity index (χ0) is 15.7. The molecular formula is C19H24F2N2. The molecule has 4 bridgehead atoms. The van der Waals surface area contributed by atoms with Gasteiger partial charge in [-0.3, -0.25) is 4.98 Å². The fourth-order valence-electron chi connectivity index (χ4n) is 6.40. The second-order valence-corrected chi connectivity index (χ2v) is 8.75. The Morgan fingerprint density at radius 2 is 1.70 bits per heavy atom. The van der Waals surface area contributed by atoms with Crippen molar-refractivity contribution in [3.8, 4) is 0 Å². The van der Waals surface area contributed by atoms with E-state index in [1.165, 1.54) is 24.0 Å². The number of aromatic nitrogens is 1. The first-order chi connectivity index (χ1) is 11.0. The molecule has 1 N–H and O–H groups in total. The van der Waals surface area contributed by atoms with Gasteiger partial charge in [0, 0.05) is 31.0 Å². The van der Waals surface area contributed by atoms with E-state index in [0.29, 0.717) is 25.7 Å². The van der Waals surface area contributed by atoms with Crippen LogP contribution in [0.3, 0.4) is 0 Å². The van der Waals surface area contributed by atoms with Crippen LogP contribution in [0.2, 0.25) is 0 Å². The predicted molar refractivity (Wildman–Crippen MR) is 86.1 cm³/mol. The summed E-state index contributed by atoms with van der Waals surface area (Å²) in [5, 5.41) is 3.62. The molecule has 0 aliphatic heterocycles. The maximum absolute atomic E-state index is 15.1. The zero-order valence-electron chi connectivity index (χ0n) is 13.5. The Kier molecular flexibility index (Phi) is 2.75. The lowest BCUT2D eigenvalue weighted by Gasteiger charge is -2.61. The van der Waals surface area contributed by atoms with E-state index in [2.05, 4.69) is 10.3 Å². The number of anilines is 1. The topological polar surface area (TPSA) is 24.9 Å². The molecule has 4 saturated carbocycles. The van der Waals surface area contributed by atoms with Gasteiger partial charge < -0.3 is 5.32 Å². The van der Waals surface area contributed by atoms with Gasteiger partial charge >= 0.3 is 0 Å². The number of hydrogen-bond acceptors (Lipinski definition) is 2. The van der Waals surface area contributed by atoms with E-state index in [9.17, 15) is 0 Å². The second-order valence-electron chi connectivity index (χ2n) is 8.75. The van der Waals surface area contributed by atoms with Gasteiger partial charge in [0.25, 0.3) is 0 Å². The third-order valence-corrected chi connectivity index (χ3v) is 6.60. The van der Waals surface area contributed by atoms with Crippen LogP contribution in [0.1, 0.15) is 62.5 Å². The minimum atomic E-state index is -1.30. The van der Waals surface area contributed by atoms with Gasteiger partial charge in [-0.2, -0.15) is 0 Å². The molecule has 0 spiro atoms. The zero-order valence-corrected chi connectivity index (χ0v) is 13.5. The molecule has 0 radical (unpaired) electrons. The quantitative estimate of drug-likeness (QED) is 0.867. The van der Waals surface area contributed by atoms with Crippen molar-refractivity contribution in [1.82, 2.24) is 4.98 Å². The largest absolute Gasteiger partial charge is 0.378 e. The van der Waals surface area contributed by atoms with Crippen molar-refractivity contribution in [2.75, 3.05) is 5.32 Å². The summed E-state index contributed by atoms with van der Waals surface area (Å²) < 4.78 is 30.2. The van der Waals surface area contributed by atoms with Crippen molar-refractivity contribution >= 4 is 5.69 Å². The monoisotopic (exact) mass is 318 g/mol. The standard InChI is InChI=1S/C19H24F2N2/c20-17-5-13-6-18(21,10-17)12-19(7-13,11-17)23-16-9-22-8-14-3-1-2-4-15(14)16/h8-9,13,23H,1-7,10-12H2. The van der Waals surface area contributed by atoms with Crippen LogP contribution in [-0.2, 0) is 12.8 Å². The highest BCUT2D eigenvalue weighted by atomic mass is 19.2. The molecule has 1 aromatic rings. The first-order valence-corrected chi connectivity index (χ1v) is 9.09. The number of alkyl halides is 2. The van der Waals surface area contributed by atoms with E-state index in [1.807, 2.05) is 12.4 Å². The average Bonchev–Trinajstić information content (AvgIpc) is 2.43. The predicted octanol–water partition coefficient (Wildman–Crippen LogP) is 4.53. The van der Waals surface area contributed by atoms with Gasteiger partial charge in [-0.05, 0) is 62.0 Å². The summed E-state index contributed by atoms with van der Waals surface area (Å²) in [5.41, 5.74) is 0.680. The third kappa shape index (κ3) is 2.20. The fourth-order valence-corrected chi connectivity index (χ4v) is 6.40. The smallest absolute Gasteiger partial charge is 0.116 e. The first-order valence-electron chi connectivity index (χ1n) is 9.09. The molecule has 2 unspecified atom stereocenters. The number of halogens is 2. The highest BCUT2D eigenvalue weighted by Crippen LogP contribution is 2.62. The lowest BCUT2D eigenvalue weighted by atomic mass is 9.50. The van der Waals surface area contributed by atoms with Crippen molar-refractivity contribution in [3.63, 3.8) is 0 Å². The minimum absolute atomic E-state index is 0.116. The Bertz CT molecular complexity index is 641. The summed E-state index contributed by atoms with van der Waals surface area (Å²) >= 11 is 0. The molecule has 0 amide bonds. The van der Waals surface area contributed by atoms with Gasteiger partial charge in [-0.25, -0.2) is 8.78 Å². The number of nitrogens with one attached hydrogen (secondary N) is 1. The normalized spacial score (nSPS) is 44.2. The van der Waals surface area contributed by atoms with Crippen molar-refractivity contribution < 1.29 is 8.78 Å². The van der Waals surface area contributed by atoms with Crippen molar-refractivity contribution in [3.05, 3.63) is 23.5 Å². The third-order valence-electron chi connectivity index (χ3n) is 6.60. The number of nitrogens with zero attached hydrogens (tertiary/aromatic N) is 1. The number of fused-ring (bicyclic) bond motifs is 1. The summed E-state index contributed by atoms with van der Waals surface area (Å²) in [6.45, 7) is 0. The second kappa shape index (κ2) is 4.46. The molecule has 5 aliphatic carbocycles. The first kappa shape index (κ1) is 14.2. The van der Waals surface area contributed by atoms with Crippen molar-refractivity contribution in [1.29, 1.82) is 0 Å². The number of hydrogen-bond donors (Lipinski definition) is 1. The summed E-state index contributed by atoms with van der Waals surface area (Å²) in [6.07, 6.45) is 11.5. The Morgan fingerprint density at radius 3 is 2.43 bits per heavy atom. The van der Waals surface area contributed by atoms with Crippen LogP contribution >= 0.6 is 0 Å². The van der Waals surface area contributed by atoms with Crippen molar-refractivity contribution in [2.45, 2.75) is 81.1 Å². The SMILES string of the molecule is FC12CC3CC(F)(C1)CC(Nc1cncc4c1CCCC4)(C3)C2. The van der Waals surface area contributed by atoms with Gasteiger partial charge in [-0.1, -0.05) is 0 Å². The molecular weight excluding hydrogens is 294 g/mol. The molecule has 4 heteroatoms. The number of pyridine rings is 1. The van der Waals surface area contributed by atoms with Crippen LogP contribution in [0.15, 0.2) is 12.4 Å². The Labute approximate surface area is 136 Å². The lowest BCUT2D eigenvalue weighted by molar-refractivity contribution is -0.137. The molecule has 2 atom stereocenters. The molecule has 4 fully saturated rings. The van der Waals surface area contributed by atoms with E-state index >= 15 is 8.78 Å². The molecule has 2 nitrogen and oxygen atoms in total. The highest BCUT2D eigenvalue weighted by molar-refractivity contribution is 5.56. The Morgan fingerprint density at radius 1 is 0.957 bits per heavy atom. The van der Waals surface area contributed by atoms with E-state index < -0.39 is 16.9 Å².